The van der Waals surface area contributed by atoms with Gasteiger partial charge in [0.1, 0.15) is 5.75 Å². The van der Waals surface area contributed by atoms with Crippen LogP contribution in [-0.2, 0) is 11.3 Å². The number of ketones is 1. The highest BCUT2D eigenvalue weighted by atomic mass is 32.1. The summed E-state index contributed by atoms with van der Waals surface area (Å²) in [5.41, 5.74) is 1.51. The number of fused-ring (bicyclic) bond motifs is 1. The van der Waals surface area contributed by atoms with E-state index in [1.165, 1.54) is 6.92 Å². The number of hydrogen-bond acceptors (Lipinski definition) is 5. The molecule has 2 heterocycles. The van der Waals surface area contributed by atoms with Crippen molar-refractivity contribution in [1.82, 2.24) is 14.7 Å². The Hall–Kier alpha value is -2.67. The van der Waals surface area contributed by atoms with Gasteiger partial charge in [-0.1, -0.05) is 0 Å². The maximum Gasteiger partial charge on any atom is 0.220 e. The molecule has 0 fully saturated rings. The average Bonchev–Trinajstić information content (AvgIpc) is 3.19. The highest BCUT2D eigenvalue weighted by Gasteiger charge is 2.06. The zero-order valence-corrected chi connectivity index (χ0v) is 14.7. The van der Waals surface area contributed by atoms with E-state index >= 15 is 0 Å². The summed E-state index contributed by atoms with van der Waals surface area (Å²) in [6, 6.07) is 7.00. The van der Waals surface area contributed by atoms with E-state index in [-0.39, 0.29) is 11.7 Å². The fraction of sp³-hybridized carbons (Fsp3) is 0.278. The molecule has 25 heavy (non-hydrogen) atoms. The van der Waals surface area contributed by atoms with Gasteiger partial charge in [0.25, 0.3) is 0 Å². The van der Waals surface area contributed by atoms with Crippen LogP contribution >= 0.6 is 11.3 Å². The predicted molar refractivity (Wildman–Crippen MR) is 96.1 cm³/mol. The lowest BCUT2D eigenvalue weighted by atomic mass is 10.1. The molecule has 0 atom stereocenters. The third-order valence-corrected chi connectivity index (χ3v) is 4.46. The zero-order chi connectivity index (χ0) is 17.6. The van der Waals surface area contributed by atoms with Crippen molar-refractivity contribution in [1.29, 1.82) is 0 Å². The van der Waals surface area contributed by atoms with E-state index in [0.717, 1.165) is 10.7 Å². The van der Waals surface area contributed by atoms with Crippen molar-refractivity contribution in [2.24, 2.45) is 0 Å². The number of thiazole rings is 1. The minimum atomic E-state index is -0.0214. The van der Waals surface area contributed by atoms with Crippen LogP contribution in [0.1, 0.15) is 35.8 Å². The largest absolute Gasteiger partial charge is 0.494 e. The molecule has 3 rings (SSSR count). The van der Waals surface area contributed by atoms with Crippen LogP contribution in [0.2, 0.25) is 0 Å². The number of nitrogens with zero attached hydrogens (tertiary/aromatic N) is 2. The van der Waals surface area contributed by atoms with Crippen molar-refractivity contribution in [3.05, 3.63) is 53.3 Å². The second kappa shape index (κ2) is 7.94. The van der Waals surface area contributed by atoms with Gasteiger partial charge in [-0.2, -0.15) is 0 Å². The quantitative estimate of drug-likeness (QED) is 0.497. The summed E-state index contributed by atoms with van der Waals surface area (Å²) in [5, 5.41) is 4.84. The molecule has 0 saturated heterocycles. The number of aromatic nitrogens is 2. The summed E-state index contributed by atoms with van der Waals surface area (Å²) in [6.07, 6.45) is 4.88. The Balaban J connectivity index is 1.34. The van der Waals surface area contributed by atoms with Gasteiger partial charge in [0, 0.05) is 29.8 Å². The van der Waals surface area contributed by atoms with Crippen LogP contribution < -0.4 is 10.1 Å². The monoisotopic (exact) mass is 357 g/mol. The molecule has 0 radical (unpaired) electrons. The van der Waals surface area contributed by atoms with Crippen molar-refractivity contribution in [3.63, 3.8) is 0 Å². The number of carbonyl (C=O) groups excluding carboxylic acids is 2. The lowest BCUT2D eigenvalue weighted by molar-refractivity contribution is -0.121. The molecule has 1 amide bonds. The normalized spacial score (nSPS) is 10.8. The minimum absolute atomic E-state index is 0.0214. The molecule has 0 aliphatic heterocycles. The van der Waals surface area contributed by atoms with Gasteiger partial charge in [0.05, 0.1) is 18.8 Å². The molecule has 0 aliphatic carbocycles. The molecular weight excluding hydrogens is 338 g/mol. The summed E-state index contributed by atoms with van der Waals surface area (Å²) in [7, 11) is 0. The van der Waals surface area contributed by atoms with E-state index in [4.69, 9.17) is 4.74 Å². The Kier molecular flexibility index (Phi) is 5.45. The number of ether oxygens (including phenoxy) is 1. The summed E-state index contributed by atoms with van der Waals surface area (Å²) in [4.78, 5) is 28.4. The molecular formula is C18H19N3O3S. The van der Waals surface area contributed by atoms with Crippen LogP contribution in [0.4, 0.5) is 0 Å². The smallest absolute Gasteiger partial charge is 0.220 e. The van der Waals surface area contributed by atoms with Crippen LogP contribution in [-0.4, -0.2) is 27.7 Å². The number of benzene rings is 1. The Morgan fingerprint density at radius 3 is 2.80 bits per heavy atom. The molecule has 6 nitrogen and oxygen atoms in total. The van der Waals surface area contributed by atoms with Crippen LogP contribution in [0, 0.1) is 0 Å². The number of carbonyl (C=O) groups is 2. The van der Waals surface area contributed by atoms with E-state index in [1.807, 2.05) is 22.2 Å². The van der Waals surface area contributed by atoms with Crippen LogP contribution in [0.3, 0.4) is 0 Å². The molecule has 130 valence electrons. The van der Waals surface area contributed by atoms with Gasteiger partial charge in [-0.25, -0.2) is 4.98 Å². The zero-order valence-electron chi connectivity index (χ0n) is 13.9. The minimum Gasteiger partial charge on any atom is -0.494 e. The highest BCUT2D eigenvalue weighted by molar-refractivity contribution is 7.15. The standard InChI is InChI=1S/C18H19N3O3S/c1-13(22)14-4-6-16(7-5-14)24-9-2-3-17(23)19-11-15-12-21-8-10-25-18(21)20-15/h4-8,10,12H,2-3,9,11H2,1H3,(H,19,23). The van der Waals surface area contributed by atoms with Gasteiger partial charge < -0.3 is 10.1 Å². The second-order valence-corrected chi connectivity index (χ2v) is 6.51. The molecule has 0 spiro atoms. The summed E-state index contributed by atoms with van der Waals surface area (Å²) in [5.74, 6) is 0.705. The second-order valence-electron chi connectivity index (χ2n) is 5.63. The number of nitrogens with one attached hydrogen (secondary N) is 1. The fourth-order valence-electron chi connectivity index (χ4n) is 2.35. The molecule has 0 saturated carbocycles. The molecule has 1 N–H and O–H groups in total. The van der Waals surface area contributed by atoms with Crippen molar-refractivity contribution >= 4 is 28.0 Å². The lowest BCUT2D eigenvalue weighted by Gasteiger charge is -2.07. The van der Waals surface area contributed by atoms with E-state index in [1.54, 1.807) is 35.6 Å². The Labute approximate surface area is 149 Å². The van der Waals surface area contributed by atoms with E-state index in [2.05, 4.69) is 10.3 Å². The third kappa shape index (κ3) is 4.67. The molecule has 1 aromatic carbocycles. The van der Waals surface area contributed by atoms with E-state index in [0.29, 0.717) is 37.3 Å². The molecule has 0 unspecified atom stereocenters. The van der Waals surface area contributed by atoms with E-state index in [9.17, 15) is 9.59 Å². The van der Waals surface area contributed by atoms with Gasteiger partial charge in [0.2, 0.25) is 5.91 Å². The first-order valence-corrected chi connectivity index (χ1v) is 8.91. The topological polar surface area (TPSA) is 72.7 Å². The number of rotatable bonds is 8. The van der Waals surface area contributed by atoms with Crippen molar-refractivity contribution < 1.29 is 14.3 Å². The molecule has 3 aromatic rings. The number of Topliss-reactive ketones (excluding diaryl/α,β-unsaturated/α-hetero) is 1. The van der Waals surface area contributed by atoms with Crippen LogP contribution in [0.15, 0.2) is 42.0 Å². The molecule has 2 aromatic heterocycles. The number of hydrogen-bond donors (Lipinski definition) is 1. The van der Waals surface area contributed by atoms with Gasteiger partial charge in [-0.15, -0.1) is 11.3 Å². The van der Waals surface area contributed by atoms with Crippen molar-refractivity contribution in [2.45, 2.75) is 26.3 Å². The Morgan fingerprint density at radius 1 is 1.28 bits per heavy atom. The first-order chi connectivity index (χ1) is 12.1. The van der Waals surface area contributed by atoms with Gasteiger partial charge >= 0.3 is 0 Å². The van der Waals surface area contributed by atoms with Crippen LogP contribution in [0.5, 0.6) is 5.75 Å². The maximum absolute atomic E-state index is 11.9. The first kappa shape index (κ1) is 17.2. The lowest BCUT2D eigenvalue weighted by Crippen LogP contribution is -2.23. The van der Waals surface area contributed by atoms with Crippen molar-refractivity contribution in [2.75, 3.05) is 6.61 Å². The third-order valence-electron chi connectivity index (χ3n) is 3.69. The molecule has 0 aliphatic rings. The van der Waals surface area contributed by atoms with E-state index < -0.39 is 0 Å². The van der Waals surface area contributed by atoms with Gasteiger partial charge in [0.15, 0.2) is 10.7 Å². The number of amides is 1. The maximum atomic E-state index is 11.9. The summed E-state index contributed by atoms with van der Waals surface area (Å²) >= 11 is 1.56. The Morgan fingerprint density at radius 2 is 2.08 bits per heavy atom. The average molecular weight is 357 g/mol. The van der Waals surface area contributed by atoms with Crippen LogP contribution in [0.25, 0.3) is 4.96 Å². The SMILES string of the molecule is CC(=O)c1ccc(OCCCC(=O)NCc2cn3ccsc3n2)cc1. The fourth-order valence-corrected chi connectivity index (χ4v) is 3.07. The Bertz CT molecular complexity index is 839. The molecule has 7 heteroatoms. The van der Waals surface area contributed by atoms with Gasteiger partial charge in [-0.3, -0.25) is 14.0 Å². The summed E-state index contributed by atoms with van der Waals surface area (Å²) in [6.45, 7) is 2.41. The van der Waals surface area contributed by atoms with Crippen molar-refractivity contribution in [3.8, 4) is 5.75 Å². The predicted octanol–water partition coefficient (Wildman–Crippen LogP) is 3.07. The molecule has 0 bridgehead atoms. The number of imidazole rings is 1. The first-order valence-electron chi connectivity index (χ1n) is 8.03. The van der Waals surface area contributed by atoms with Gasteiger partial charge in [-0.05, 0) is 37.6 Å². The highest BCUT2D eigenvalue weighted by Crippen LogP contribution is 2.13. The summed E-state index contributed by atoms with van der Waals surface area (Å²) < 4.78 is 7.52.